The van der Waals surface area contributed by atoms with Gasteiger partial charge in [-0.3, -0.25) is 9.59 Å². The van der Waals surface area contributed by atoms with E-state index in [1.807, 2.05) is 0 Å². The number of halogens is 1. The summed E-state index contributed by atoms with van der Waals surface area (Å²) < 4.78 is 6.14. The lowest BCUT2D eigenvalue weighted by molar-refractivity contribution is 0.0694. The predicted molar refractivity (Wildman–Crippen MR) is 110 cm³/mol. The number of carbonyl (C=O) groups is 4. The van der Waals surface area contributed by atoms with Crippen molar-refractivity contribution in [3.63, 3.8) is 0 Å². The number of imide groups is 1. The first kappa shape index (κ1) is 19.5. The molecule has 0 aliphatic carbocycles. The Morgan fingerprint density at radius 2 is 1.40 bits per heavy atom. The van der Waals surface area contributed by atoms with Crippen LogP contribution < -0.4 is 9.64 Å². The molecule has 1 N–H and O–H groups in total. The van der Waals surface area contributed by atoms with Gasteiger partial charge in [0.25, 0.3) is 11.8 Å². The quantitative estimate of drug-likeness (QED) is 0.352. The predicted octanol–water partition coefficient (Wildman–Crippen LogP) is 4.17. The molecule has 0 saturated heterocycles. The number of hydrogen-bond acceptors (Lipinski definition) is 5. The second-order valence-electron chi connectivity index (χ2n) is 6.40. The van der Waals surface area contributed by atoms with Crippen molar-refractivity contribution >= 4 is 45.4 Å². The Hall–Kier alpha value is -3.78. The van der Waals surface area contributed by atoms with E-state index < -0.39 is 23.8 Å². The minimum absolute atomic E-state index is 0.0265. The highest BCUT2D eigenvalue weighted by atomic mass is 79.9. The van der Waals surface area contributed by atoms with Crippen molar-refractivity contribution in [1.82, 2.24) is 0 Å². The molecule has 0 radical (unpaired) electrons. The van der Waals surface area contributed by atoms with E-state index in [1.54, 1.807) is 24.3 Å². The van der Waals surface area contributed by atoms with Gasteiger partial charge >= 0.3 is 11.9 Å². The first-order valence-corrected chi connectivity index (χ1v) is 9.48. The van der Waals surface area contributed by atoms with Crippen LogP contribution in [0, 0.1) is 0 Å². The minimum atomic E-state index is -1.19. The lowest BCUT2D eigenvalue weighted by Crippen LogP contribution is -2.29. The van der Waals surface area contributed by atoms with Crippen molar-refractivity contribution in [3.05, 3.63) is 93.5 Å². The lowest BCUT2D eigenvalue weighted by Gasteiger charge is -2.14. The molecule has 0 unspecified atom stereocenters. The third kappa shape index (κ3) is 3.48. The highest BCUT2D eigenvalue weighted by Gasteiger charge is 2.37. The van der Waals surface area contributed by atoms with Crippen molar-refractivity contribution in [2.45, 2.75) is 0 Å². The SMILES string of the molecule is O=C(O)c1ccc2c(c1)C(=O)N(c1ccc(C(=O)Oc3ccc(Br)cc3)cc1)C2=O. The number of anilines is 1. The van der Waals surface area contributed by atoms with Crippen LogP contribution in [-0.2, 0) is 0 Å². The molecule has 4 rings (SSSR count). The molecule has 3 aromatic carbocycles. The van der Waals surface area contributed by atoms with Gasteiger partial charge in [0.05, 0.1) is 27.9 Å². The maximum atomic E-state index is 12.7. The van der Waals surface area contributed by atoms with Crippen LogP contribution in [0.1, 0.15) is 41.4 Å². The molecule has 1 aliphatic rings. The summed E-state index contributed by atoms with van der Waals surface area (Å²) in [6.45, 7) is 0. The molecule has 0 atom stereocenters. The van der Waals surface area contributed by atoms with Gasteiger partial charge in [0.15, 0.2) is 0 Å². The largest absolute Gasteiger partial charge is 0.478 e. The summed E-state index contributed by atoms with van der Waals surface area (Å²) >= 11 is 3.30. The molecular weight excluding hydrogens is 454 g/mol. The Morgan fingerprint density at radius 3 is 2.03 bits per heavy atom. The van der Waals surface area contributed by atoms with Crippen molar-refractivity contribution in [3.8, 4) is 5.75 Å². The molecular formula is C22H12BrNO6. The average Bonchev–Trinajstić information content (AvgIpc) is 2.99. The number of carbonyl (C=O) groups excluding carboxylic acids is 3. The Labute approximate surface area is 178 Å². The topological polar surface area (TPSA) is 101 Å². The first-order valence-electron chi connectivity index (χ1n) is 8.69. The summed E-state index contributed by atoms with van der Waals surface area (Å²) in [7, 11) is 0. The average molecular weight is 466 g/mol. The highest BCUT2D eigenvalue weighted by molar-refractivity contribution is 9.10. The second-order valence-corrected chi connectivity index (χ2v) is 7.32. The summed E-state index contributed by atoms with van der Waals surface area (Å²) in [5, 5.41) is 9.10. The van der Waals surface area contributed by atoms with Gasteiger partial charge < -0.3 is 9.84 Å². The van der Waals surface area contributed by atoms with E-state index in [0.717, 1.165) is 9.37 Å². The molecule has 3 aromatic rings. The number of carboxylic acids is 1. The summed E-state index contributed by atoms with van der Waals surface area (Å²) in [4.78, 5) is 49.7. The van der Waals surface area contributed by atoms with Crippen molar-refractivity contribution in [1.29, 1.82) is 0 Å². The Kier molecular flexibility index (Phi) is 4.93. The van der Waals surface area contributed by atoms with Crippen LogP contribution in [0.4, 0.5) is 5.69 Å². The molecule has 1 heterocycles. The van der Waals surface area contributed by atoms with Crippen LogP contribution in [0.5, 0.6) is 5.75 Å². The zero-order valence-electron chi connectivity index (χ0n) is 15.2. The number of rotatable bonds is 4. The zero-order valence-corrected chi connectivity index (χ0v) is 16.8. The maximum Gasteiger partial charge on any atom is 0.343 e. The van der Waals surface area contributed by atoms with Crippen molar-refractivity contribution in [2.24, 2.45) is 0 Å². The number of ether oxygens (including phenoxy) is 1. The molecule has 0 bridgehead atoms. The number of fused-ring (bicyclic) bond motifs is 1. The number of hydrogen-bond donors (Lipinski definition) is 1. The van der Waals surface area contributed by atoms with Gasteiger partial charge in [-0.15, -0.1) is 0 Å². The smallest absolute Gasteiger partial charge is 0.343 e. The van der Waals surface area contributed by atoms with E-state index in [1.165, 1.54) is 42.5 Å². The van der Waals surface area contributed by atoms with E-state index in [2.05, 4.69) is 15.9 Å². The van der Waals surface area contributed by atoms with Crippen LogP contribution in [0.25, 0.3) is 0 Å². The van der Waals surface area contributed by atoms with Gasteiger partial charge in [0.1, 0.15) is 5.75 Å². The van der Waals surface area contributed by atoms with E-state index in [0.29, 0.717) is 5.75 Å². The third-order valence-electron chi connectivity index (χ3n) is 4.52. The number of nitrogens with zero attached hydrogens (tertiary/aromatic N) is 1. The van der Waals surface area contributed by atoms with Gasteiger partial charge in [-0.25, -0.2) is 14.5 Å². The first-order chi connectivity index (χ1) is 14.3. The van der Waals surface area contributed by atoms with E-state index >= 15 is 0 Å². The molecule has 148 valence electrons. The Bertz CT molecular complexity index is 1200. The number of esters is 1. The number of amides is 2. The molecule has 0 spiro atoms. The molecule has 8 heteroatoms. The molecule has 1 aliphatic heterocycles. The number of carboxylic acid groups (broad SMARTS) is 1. The molecule has 30 heavy (non-hydrogen) atoms. The van der Waals surface area contributed by atoms with Gasteiger partial charge in [0.2, 0.25) is 0 Å². The van der Waals surface area contributed by atoms with Crippen LogP contribution in [0.3, 0.4) is 0 Å². The maximum absolute atomic E-state index is 12.7. The summed E-state index contributed by atoms with van der Waals surface area (Å²) in [6.07, 6.45) is 0. The monoisotopic (exact) mass is 465 g/mol. The molecule has 2 amide bonds. The highest BCUT2D eigenvalue weighted by Crippen LogP contribution is 2.29. The van der Waals surface area contributed by atoms with Gasteiger partial charge in [0, 0.05) is 4.47 Å². The zero-order chi connectivity index (χ0) is 21.4. The van der Waals surface area contributed by atoms with Gasteiger partial charge in [-0.2, -0.15) is 0 Å². The van der Waals surface area contributed by atoms with E-state index in [9.17, 15) is 19.2 Å². The lowest BCUT2D eigenvalue weighted by atomic mass is 10.1. The third-order valence-corrected chi connectivity index (χ3v) is 5.05. The van der Waals surface area contributed by atoms with Gasteiger partial charge in [-0.1, -0.05) is 15.9 Å². The van der Waals surface area contributed by atoms with Crippen LogP contribution in [-0.4, -0.2) is 28.9 Å². The van der Waals surface area contributed by atoms with E-state index in [4.69, 9.17) is 9.84 Å². The van der Waals surface area contributed by atoms with Crippen molar-refractivity contribution in [2.75, 3.05) is 4.90 Å². The molecule has 0 aromatic heterocycles. The van der Waals surface area contributed by atoms with Crippen molar-refractivity contribution < 1.29 is 29.0 Å². The number of benzene rings is 3. The molecule has 0 saturated carbocycles. The second kappa shape index (κ2) is 7.57. The fourth-order valence-electron chi connectivity index (χ4n) is 3.02. The normalized spacial score (nSPS) is 12.6. The van der Waals surface area contributed by atoms with Crippen LogP contribution >= 0.6 is 15.9 Å². The Balaban J connectivity index is 1.56. The van der Waals surface area contributed by atoms with Crippen LogP contribution in [0.15, 0.2) is 71.2 Å². The molecule has 7 nitrogen and oxygen atoms in total. The van der Waals surface area contributed by atoms with Gasteiger partial charge in [-0.05, 0) is 66.7 Å². The Morgan fingerprint density at radius 1 is 0.800 bits per heavy atom. The standard InChI is InChI=1S/C22H12BrNO6/c23-14-4-8-16(9-5-14)30-22(29)12-1-6-15(7-2-12)24-19(25)17-10-3-13(21(27)28)11-18(17)20(24)26/h1-11H,(H,27,28). The van der Waals surface area contributed by atoms with Crippen LogP contribution in [0.2, 0.25) is 0 Å². The summed E-state index contributed by atoms with van der Waals surface area (Å²) in [5.41, 5.74) is 0.579. The fraction of sp³-hybridized carbons (Fsp3) is 0. The summed E-state index contributed by atoms with van der Waals surface area (Å²) in [5.74, 6) is -2.58. The van der Waals surface area contributed by atoms with E-state index in [-0.39, 0.29) is 27.9 Å². The molecule has 0 fully saturated rings. The number of aromatic carboxylic acids is 1. The minimum Gasteiger partial charge on any atom is -0.478 e. The fourth-order valence-corrected chi connectivity index (χ4v) is 3.29. The summed E-state index contributed by atoms with van der Waals surface area (Å²) in [6, 6.07) is 16.3.